The number of fused-ring (bicyclic) bond motifs is 1. The van der Waals surface area contributed by atoms with E-state index < -0.39 is 0 Å². The Kier molecular flexibility index (Phi) is 5.84. The molecule has 1 fully saturated rings. The van der Waals surface area contributed by atoms with E-state index in [1.54, 1.807) is 0 Å². The monoisotopic (exact) mass is 392 g/mol. The maximum Gasteiger partial charge on any atom is 0.305 e. The van der Waals surface area contributed by atoms with Gasteiger partial charge in [0.2, 0.25) is 0 Å². The van der Waals surface area contributed by atoms with Crippen LogP contribution in [0, 0.1) is 0 Å². The molecule has 0 unspecified atom stereocenters. The number of aromatic nitrogens is 2. The Hall–Kier alpha value is -2.82. The van der Waals surface area contributed by atoms with Crippen LogP contribution in [-0.2, 0) is 23.0 Å². The van der Waals surface area contributed by atoms with Crippen LogP contribution in [-0.4, -0.2) is 29.0 Å². The van der Waals surface area contributed by atoms with E-state index >= 15 is 0 Å². The lowest BCUT2D eigenvalue weighted by Crippen LogP contribution is -2.20. The van der Waals surface area contributed by atoms with Gasteiger partial charge in [-0.1, -0.05) is 18.6 Å². The average molecular weight is 392 g/mol. The van der Waals surface area contributed by atoms with Crippen LogP contribution in [0.2, 0.25) is 0 Å². The third-order valence-electron chi connectivity index (χ3n) is 5.79. The smallest absolute Gasteiger partial charge is 0.305 e. The summed E-state index contributed by atoms with van der Waals surface area (Å²) in [4.78, 5) is 11.6. The minimum absolute atomic E-state index is 0.189. The molecule has 5 nitrogen and oxygen atoms in total. The first-order chi connectivity index (χ1) is 14.1. The van der Waals surface area contributed by atoms with Crippen LogP contribution in [0.5, 0.6) is 5.75 Å². The molecule has 1 aliphatic carbocycles. The van der Waals surface area contributed by atoms with E-state index in [0.717, 1.165) is 46.2 Å². The fraction of sp³-hybridized carbons (Fsp3) is 0.417. The number of hydrogen-bond donors (Lipinski definition) is 0. The highest BCUT2D eigenvalue weighted by atomic mass is 16.5. The molecule has 0 atom stereocenters. The van der Waals surface area contributed by atoms with Gasteiger partial charge in [-0.3, -0.25) is 9.48 Å². The van der Waals surface area contributed by atoms with E-state index in [4.69, 9.17) is 9.47 Å². The number of ether oxygens (including phenoxy) is 2. The average Bonchev–Trinajstić information content (AvgIpc) is 3.13. The number of hydrogen-bond acceptors (Lipinski definition) is 4. The predicted octanol–water partition coefficient (Wildman–Crippen LogP) is 5.06. The van der Waals surface area contributed by atoms with Crippen molar-refractivity contribution in [1.82, 2.24) is 9.78 Å². The molecule has 29 heavy (non-hydrogen) atoms. The minimum atomic E-state index is -0.189. The van der Waals surface area contributed by atoms with Crippen molar-refractivity contribution in [2.45, 2.75) is 51.0 Å². The molecule has 1 aromatic heterocycles. The molecule has 5 heteroatoms. The van der Waals surface area contributed by atoms with Gasteiger partial charge in [0.05, 0.1) is 24.9 Å². The fourth-order valence-electron chi connectivity index (χ4n) is 4.10. The molecule has 0 bridgehead atoms. The number of carbonyl (C=O) groups is 1. The standard InChI is InChI=1S/C24H28N2O3/c1-26-22-11-10-18(15-19(22)16-25-26)21-14-17(9-13-24(27)28-2)8-12-23(21)29-20-6-4-3-5-7-20/h8,10-12,14-16,20H,3-7,9,13H2,1-2H3. The van der Waals surface area contributed by atoms with Gasteiger partial charge in [-0.25, -0.2) is 0 Å². The topological polar surface area (TPSA) is 53.4 Å². The molecule has 0 saturated heterocycles. The normalized spacial score (nSPS) is 14.8. The Balaban J connectivity index is 1.68. The third-order valence-corrected chi connectivity index (χ3v) is 5.79. The van der Waals surface area contributed by atoms with Crippen LogP contribution in [0.4, 0.5) is 0 Å². The number of carbonyl (C=O) groups excluding carboxylic acids is 1. The number of esters is 1. The van der Waals surface area contributed by atoms with E-state index in [1.165, 1.54) is 26.4 Å². The van der Waals surface area contributed by atoms with Gasteiger partial charge >= 0.3 is 5.97 Å². The van der Waals surface area contributed by atoms with Crippen LogP contribution in [0.25, 0.3) is 22.0 Å². The van der Waals surface area contributed by atoms with Crippen molar-refractivity contribution < 1.29 is 14.3 Å². The van der Waals surface area contributed by atoms with Gasteiger partial charge in [-0.05, 0) is 67.5 Å². The Morgan fingerprint density at radius 3 is 2.76 bits per heavy atom. The van der Waals surface area contributed by atoms with Crippen molar-refractivity contribution >= 4 is 16.9 Å². The second-order valence-electron chi connectivity index (χ2n) is 7.83. The Labute approximate surface area is 171 Å². The lowest BCUT2D eigenvalue weighted by Gasteiger charge is -2.24. The molecule has 0 amide bonds. The van der Waals surface area contributed by atoms with Gasteiger partial charge in [0, 0.05) is 24.4 Å². The van der Waals surface area contributed by atoms with E-state index in [0.29, 0.717) is 12.8 Å². The number of nitrogens with zero attached hydrogens (tertiary/aromatic N) is 2. The maximum atomic E-state index is 11.6. The van der Waals surface area contributed by atoms with Gasteiger partial charge < -0.3 is 9.47 Å². The summed E-state index contributed by atoms with van der Waals surface area (Å²) in [7, 11) is 3.38. The molecule has 3 aromatic rings. The second kappa shape index (κ2) is 8.68. The molecule has 1 heterocycles. The Bertz CT molecular complexity index is 1000. The van der Waals surface area contributed by atoms with Crippen molar-refractivity contribution in [2.75, 3.05) is 7.11 Å². The quantitative estimate of drug-likeness (QED) is 0.551. The molecule has 2 aromatic carbocycles. The van der Waals surface area contributed by atoms with Crippen LogP contribution < -0.4 is 4.74 Å². The highest BCUT2D eigenvalue weighted by Gasteiger charge is 2.18. The second-order valence-corrected chi connectivity index (χ2v) is 7.83. The number of rotatable bonds is 6. The van der Waals surface area contributed by atoms with Crippen molar-refractivity contribution in [3.05, 3.63) is 48.2 Å². The molecule has 1 aliphatic rings. The zero-order chi connectivity index (χ0) is 20.2. The molecular formula is C24H28N2O3. The summed E-state index contributed by atoms with van der Waals surface area (Å²) in [6.07, 6.45) is 9.20. The van der Waals surface area contributed by atoms with Crippen molar-refractivity contribution in [2.24, 2.45) is 7.05 Å². The largest absolute Gasteiger partial charge is 0.490 e. The summed E-state index contributed by atoms with van der Waals surface area (Å²) in [5.41, 5.74) is 4.39. The lowest BCUT2D eigenvalue weighted by atomic mass is 9.96. The number of methoxy groups -OCH3 is 1. The van der Waals surface area contributed by atoms with E-state index in [1.807, 2.05) is 17.9 Å². The van der Waals surface area contributed by atoms with E-state index in [-0.39, 0.29) is 12.1 Å². The molecule has 152 valence electrons. The Morgan fingerprint density at radius 2 is 1.97 bits per heavy atom. The van der Waals surface area contributed by atoms with Crippen molar-refractivity contribution in [3.63, 3.8) is 0 Å². The SMILES string of the molecule is COC(=O)CCc1ccc(OC2CCCCC2)c(-c2ccc3c(cnn3C)c2)c1. The highest BCUT2D eigenvalue weighted by Crippen LogP contribution is 2.35. The molecule has 4 rings (SSSR count). The first-order valence-corrected chi connectivity index (χ1v) is 10.4. The maximum absolute atomic E-state index is 11.6. The molecule has 0 N–H and O–H groups in total. The molecular weight excluding hydrogens is 364 g/mol. The van der Waals surface area contributed by atoms with Crippen LogP contribution in [0.3, 0.4) is 0 Å². The summed E-state index contributed by atoms with van der Waals surface area (Å²) in [6, 6.07) is 12.7. The summed E-state index contributed by atoms with van der Waals surface area (Å²) in [6.45, 7) is 0. The molecule has 1 saturated carbocycles. The van der Waals surface area contributed by atoms with E-state index in [2.05, 4.69) is 41.5 Å². The van der Waals surface area contributed by atoms with Crippen LogP contribution in [0.15, 0.2) is 42.6 Å². The van der Waals surface area contributed by atoms with Gasteiger partial charge in [0.15, 0.2) is 0 Å². The molecule has 0 spiro atoms. The Morgan fingerprint density at radius 1 is 1.14 bits per heavy atom. The molecule has 0 radical (unpaired) electrons. The van der Waals surface area contributed by atoms with Gasteiger partial charge in [-0.15, -0.1) is 0 Å². The van der Waals surface area contributed by atoms with Gasteiger partial charge in [0.1, 0.15) is 5.75 Å². The molecule has 0 aliphatic heterocycles. The summed E-state index contributed by atoms with van der Waals surface area (Å²) in [5, 5.41) is 5.46. The van der Waals surface area contributed by atoms with Gasteiger partial charge in [0.25, 0.3) is 0 Å². The summed E-state index contributed by atoms with van der Waals surface area (Å²) in [5.74, 6) is 0.729. The summed E-state index contributed by atoms with van der Waals surface area (Å²) < 4.78 is 13.1. The first-order valence-electron chi connectivity index (χ1n) is 10.4. The lowest BCUT2D eigenvalue weighted by molar-refractivity contribution is -0.140. The number of aryl methyl sites for hydroxylation is 2. The van der Waals surface area contributed by atoms with E-state index in [9.17, 15) is 4.79 Å². The highest BCUT2D eigenvalue weighted by molar-refractivity contribution is 5.86. The zero-order valence-corrected chi connectivity index (χ0v) is 17.2. The van der Waals surface area contributed by atoms with Gasteiger partial charge in [-0.2, -0.15) is 5.10 Å². The van der Waals surface area contributed by atoms with Crippen LogP contribution >= 0.6 is 0 Å². The first kappa shape index (κ1) is 19.5. The third kappa shape index (κ3) is 4.44. The van der Waals surface area contributed by atoms with Crippen molar-refractivity contribution in [3.8, 4) is 16.9 Å². The van der Waals surface area contributed by atoms with Crippen LogP contribution in [0.1, 0.15) is 44.1 Å². The summed E-state index contributed by atoms with van der Waals surface area (Å²) >= 11 is 0. The predicted molar refractivity (Wildman–Crippen MR) is 114 cm³/mol. The zero-order valence-electron chi connectivity index (χ0n) is 17.2. The van der Waals surface area contributed by atoms with Crippen molar-refractivity contribution in [1.29, 1.82) is 0 Å². The fourth-order valence-corrected chi connectivity index (χ4v) is 4.10. The minimum Gasteiger partial charge on any atom is -0.490 e. The number of benzene rings is 2.